The molecule has 0 aliphatic rings. The number of hydrazine groups is 1. The third kappa shape index (κ3) is 3.41. The Morgan fingerprint density at radius 1 is 1.13 bits per heavy atom. The second-order valence-electron chi connectivity index (χ2n) is 4.54. The van der Waals surface area contributed by atoms with Gasteiger partial charge in [0, 0.05) is 35.2 Å². The van der Waals surface area contributed by atoms with E-state index in [1.54, 1.807) is 36.8 Å². The van der Waals surface area contributed by atoms with Crippen LogP contribution in [0.3, 0.4) is 0 Å². The van der Waals surface area contributed by atoms with E-state index in [9.17, 15) is 9.59 Å². The second-order valence-corrected chi connectivity index (χ2v) is 6.25. The summed E-state index contributed by atoms with van der Waals surface area (Å²) in [7, 11) is 0. The van der Waals surface area contributed by atoms with Crippen LogP contribution in [-0.4, -0.2) is 21.8 Å². The van der Waals surface area contributed by atoms with Gasteiger partial charge >= 0.3 is 0 Å². The zero-order valence-electron chi connectivity index (χ0n) is 11.7. The van der Waals surface area contributed by atoms with Gasteiger partial charge in [-0.1, -0.05) is 11.6 Å². The topological polar surface area (TPSA) is 86.9 Å². The Morgan fingerprint density at radius 3 is 2.65 bits per heavy atom. The number of hydrogen-bond acceptors (Lipinski definition) is 4. The van der Waals surface area contributed by atoms with Crippen LogP contribution in [0.15, 0.2) is 49.1 Å². The standard InChI is InChI=1S/C15H11ClN4O2S/c16-13-4-3-12(23-13)10-7-18-8-11(10)15(22)20-19-14(21)9-2-1-5-17-6-9/h1-8,18H,(H,19,21)(H,20,22). The summed E-state index contributed by atoms with van der Waals surface area (Å²) in [5, 5.41) is 0. The third-order valence-electron chi connectivity index (χ3n) is 3.04. The molecule has 23 heavy (non-hydrogen) atoms. The van der Waals surface area contributed by atoms with Crippen LogP contribution in [-0.2, 0) is 0 Å². The number of carbonyl (C=O) groups is 2. The lowest BCUT2D eigenvalue weighted by molar-refractivity contribution is 0.0847. The number of hydrogen-bond donors (Lipinski definition) is 3. The SMILES string of the molecule is O=C(NNC(=O)c1c[nH]cc1-c1ccc(Cl)s1)c1cccnc1. The van der Waals surface area contributed by atoms with Gasteiger partial charge in [-0.3, -0.25) is 25.4 Å². The van der Waals surface area contributed by atoms with Gasteiger partial charge in [-0.05, 0) is 24.3 Å². The summed E-state index contributed by atoms with van der Waals surface area (Å²) in [6.45, 7) is 0. The van der Waals surface area contributed by atoms with Crippen molar-refractivity contribution in [3.63, 3.8) is 0 Å². The molecule has 0 fully saturated rings. The van der Waals surface area contributed by atoms with Crippen LogP contribution in [0, 0.1) is 0 Å². The van der Waals surface area contributed by atoms with Crippen LogP contribution in [0.5, 0.6) is 0 Å². The van der Waals surface area contributed by atoms with Crippen molar-refractivity contribution >= 4 is 34.8 Å². The van der Waals surface area contributed by atoms with Crippen LogP contribution in [0.4, 0.5) is 0 Å². The fraction of sp³-hybridized carbons (Fsp3) is 0. The summed E-state index contributed by atoms with van der Waals surface area (Å²) in [5.74, 6) is -0.870. The minimum atomic E-state index is -0.442. The molecule has 3 aromatic rings. The smallest absolute Gasteiger partial charge is 0.271 e. The minimum Gasteiger partial charge on any atom is -0.366 e. The summed E-state index contributed by atoms with van der Waals surface area (Å²) < 4.78 is 0.637. The highest BCUT2D eigenvalue weighted by Crippen LogP contribution is 2.32. The van der Waals surface area contributed by atoms with Crippen LogP contribution in [0.2, 0.25) is 4.34 Å². The van der Waals surface area contributed by atoms with Crippen molar-refractivity contribution in [1.82, 2.24) is 20.8 Å². The fourth-order valence-electron chi connectivity index (χ4n) is 1.96. The van der Waals surface area contributed by atoms with E-state index in [-0.39, 0.29) is 0 Å². The molecule has 0 saturated heterocycles. The number of pyridine rings is 1. The number of rotatable bonds is 3. The molecule has 0 atom stereocenters. The maximum atomic E-state index is 12.3. The highest BCUT2D eigenvalue weighted by molar-refractivity contribution is 7.19. The summed E-state index contributed by atoms with van der Waals surface area (Å²) in [4.78, 5) is 31.7. The van der Waals surface area contributed by atoms with Crippen LogP contribution in [0.1, 0.15) is 20.7 Å². The van der Waals surface area contributed by atoms with E-state index in [4.69, 9.17) is 11.6 Å². The van der Waals surface area contributed by atoms with Crippen LogP contribution in [0.25, 0.3) is 10.4 Å². The number of aromatic nitrogens is 2. The monoisotopic (exact) mass is 346 g/mol. The Bertz CT molecular complexity index is 844. The summed E-state index contributed by atoms with van der Waals surface area (Å²) in [6.07, 6.45) is 6.25. The molecule has 0 aliphatic heterocycles. The van der Waals surface area contributed by atoms with E-state index >= 15 is 0 Å². The van der Waals surface area contributed by atoms with Gasteiger partial charge in [0.25, 0.3) is 11.8 Å². The fourth-order valence-corrected chi connectivity index (χ4v) is 3.04. The average Bonchev–Trinajstić information content (AvgIpc) is 3.21. The van der Waals surface area contributed by atoms with E-state index in [0.29, 0.717) is 15.5 Å². The molecular weight excluding hydrogens is 336 g/mol. The van der Waals surface area contributed by atoms with Gasteiger partial charge in [-0.2, -0.15) is 0 Å². The molecule has 6 nitrogen and oxygen atoms in total. The summed E-state index contributed by atoms with van der Waals surface area (Å²) in [5.41, 5.74) is 6.23. The van der Waals surface area contributed by atoms with E-state index in [0.717, 1.165) is 10.4 Å². The van der Waals surface area contributed by atoms with E-state index in [2.05, 4.69) is 20.8 Å². The van der Waals surface area contributed by atoms with Gasteiger partial charge in [0.15, 0.2) is 0 Å². The molecule has 8 heteroatoms. The molecule has 0 unspecified atom stereocenters. The molecule has 0 aliphatic carbocycles. The second kappa shape index (κ2) is 6.64. The van der Waals surface area contributed by atoms with E-state index < -0.39 is 11.8 Å². The van der Waals surface area contributed by atoms with Crippen molar-refractivity contribution in [3.8, 4) is 10.4 Å². The maximum absolute atomic E-state index is 12.3. The molecule has 0 radical (unpaired) electrons. The Balaban J connectivity index is 1.70. The minimum absolute atomic E-state index is 0.354. The molecular formula is C15H11ClN4O2S. The first-order chi connectivity index (χ1) is 11.1. The molecule has 3 aromatic heterocycles. The first-order valence-corrected chi connectivity index (χ1v) is 7.78. The maximum Gasteiger partial charge on any atom is 0.271 e. The van der Waals surface area contributed by atoms with Gasteiger partial charge in [-0.25, -0.2) is 0 Å². The Labute approximate surface area is 140 Å². The lowest BCUT2D eigenvalue weighted by atomic mass is 10.1. The van der Waals surface area contributed by atoms with E-state index in [1.807, 2.05) is 6.07 Å². The number of carbonyl (C=O) groups excluding carboxylic acids is 2. The van der Waals surface area contributed by atoms with Gasteiger partial charge in [0.2, 0.25) is 0 Å². The Kier molecular flexibility index (Phi) is 4.40. The van der Waals surface area contributed by atoms with Crippen LogP contribution < -0.4 is 10.9 Å². The first kappa shape index (κ1) is 15.3. The van der Waals surface area contributed by atoms with Gasteiger partial charge < -0.3 is 4.98 Å². The number of halogens is 1. The normalized spacial score (nSPS) is 10.3. The largest absolute Gasteiger partial charge is 0.366 e. The number of nitrogens with zero attached hydrogens (tertiary/aromatic N) is 1. The summed E-state index contributed by atoms with van der Waals surface area (Å²) in [6, 6.07) is 6.84. The Morgan fingerprint density at radius 2 is 1.96 bits per heavy atom. The first-order valence-electron chi connectivity index (χ1n) is 6.58. The molecule has 0 bridgehead atoms. The van der Waals surface area contributed by atoms with Crippen molar-refractivity contribution in [1.29, 1.82) is 0 Å². The third-order valence-corrected chi connectivity index (χ3v) is 4.31. The number of aromatic amines is 1. The Hall–Kier alpha value is -2.64. The van der Waals surface area contributed by atoms with Crippen molar-refractivity contribution < 1.29 is 9.59 Å². The quantitative estimate of drug-likeness (QED) is 0.637. The summed E-state index contributed by atoms with van der Waals surface area (Å²) >= 11 is 7.29. The molecule has 3 heterocycles. The number of thiophene rings is 1. The van der Waals surface area contributed by atoms with Crippen LogP contribution >= 0.6 is 22.9 Å². The van der Waals surface area contributed by atoms with Crippen molar-refractivity contribution in [2.24, 2.45) is 0 Å². The molecule has 2 amide bonds. The molecule has 0 aromatic carbocycles. The van der Waals surface area contributed by atoms with Crippen molar-refractivity contribution in [2.75, 3.05) is 0 Å². The van der Waals surface area contributed by atoms with Gasteiger partial charge in [0.1, 0.15) is 0 Å². The lowest BCUT2D eigenvalue weighted by Crippen LogP contribution is -2.41. The zero-order chi connectivity index (χ0) is 16.2. The highest BCUT2D eigenvalue weighted by Gasteiger charge is 2.16. The van der Waals surface area contributed by atoms with Crippen molar-refractivity contribution in [2.45, 2.75) is 0 Å². The van der Waals surface area contributed by atoms with E-state index in [1.165, 1.54) is 17.5 Å². The lowest BCUT2D eigenvalue weighted by Gasteiger charge is -2.07. The molecule has 0 saturated carbocycles. The predicted octanol–water partition coefficient (Wildman–Crippen LogP) is 2.87. The zero-order valence-corrected chi connectivity index (χ0v) is 13.2. The highest BCUT2D eigenvalue weighted by atomic mass is 35.5. The van der Waals surface area contributed by atoms with Gasteiger partial charge in [-0.15, -0.1) is 11.3 Å². The number of H-pyrrole nitrogens is 1. The van der Waals surface area contributed by atoms with Crippen molar-refractivity contribution in [3.05, 3.63) is 64.5 Å². The number of nitrogens with one attached hydrogen (secondary N) is 3. The molecule has 3 rings (SSSR count). The van der Waals surface area contributed by atoms with Gasteiger partial charge in [0.05, 0.1) is 15.5 Å². The average molecular weight is 347 g/mol. The number of amides is 2. The molecule has 0 spiro atoms. The predicted molar refractivity (Wildman–Crippen MR) is 88.3 cm³/mol. The molecule has 3 N–H and O–H groups in total. The molecule has 116 valence electrons.